The van der Waals surface area contributed by atoms with E-state index in [9.17, 15) is 4.39 Å². The lowest BCUT2D eigenvalue weighted by Crippen LogP contribution is -2.16. The third-order valence-corrected chi connectivity index (χ3v) is 6.30. The second kappa shape index (κ2) is 11.0. The third-order valence-electron chi connectivity index (χ3n) is 6.30. The average molecular weight is 504 g/mol. The SMILES string of the molecule is COc1ncc(N(C)c2ccc3nc(C)nc(NCc4cc(N)cc(C)c4F)c3c2)cc1CCN(C)C. The number of nitrogens with zero attached hydrogens (tertiary/aromatic N) is 5. The summed E-state index contributed by atoms with van der Waals surface area (Å²) in [4.78, 5) is 17.9. The molecule has 0 aliphatic heterocycles. The predicted molar refractivity (Wildman–Crippen MR) is 148 cm³/mol. The number of pyridine rings is 1. The van der Waals surface area contributed by atoms with Gasteiger partial charge in [0.15, 0.2) is 0 Å². The molecule has 0 radical (unpaired) electrons. The number of ether oxygens (including phenoxy) is 1. The molecule has 2 aromatic carbocycles. The van der Waals surface area contributed by atoms with E-state index in [1.54, 1.807) is 32.4 Å². The Hall–Kier alpha value is -3.98. The van der Waals surface area contributed by atoms with E-state index in [1.807, 2.05) is 46.3 Å². The van der Waals surface area contributed by atoms with E-state index in [0.29, 0.717) is 34.3 Å². The fourth-order valence-electron chi connectivity index (χ4n) is 4.28. The van der Waals surface area contributed by atoms with Crippen LogP contribution in [0, 0.1) is 19.7 Å². The van der Waals surface area contributed by atoms with Crippen molar-refractivity contribution in [1.29, 1.82) is 0 Å². The molecular weight excluding hydrogens is 469 g/mol. The van der Waals surface area contributed by atoms with Gasteiger partial charge in [0.1, 0.15) is 17.5 Å². The summed E-state index contributed by atoms with van der Waals surface area (Å²) in [5.74, 6) is 1.63. The number of anilines is 4. The largest absolute Gasteiger partial charge is 0.481 e. The molecule has 0 fully saturated rings. The molecular formula is C28H34FN7O. The minimum Gasteiger partial charge on any atom is -0.481 e. The van der Waals surface area contributed by atoms with Crippen LogP contribution in [0.2, 0.25) is 0 Å². The van der Waals surface area contributed by atoms with Crippen molar-refractivity contribution < 1.29 is 9.13 Å². The molecule has 194 valence electrons. The van der Waals surface area contributed by atoms with Gasteiger partial charge in [-0.15, -0.1) is 0 Å². The Labute approximate surface area is 217 Å². The van der Waals surface area contributed by atoms with Crippen LogP contribution in [0.15, 0.2) is 42.6 Å². The Balaban J connectivity index is 1.66. The number of halogens is 1. The Morgan fingerprint density at radius 3 is 2.51 bits per heavy atom. The summed E-state index contributed by atoms with van der Waals surface area (Å²) < 4.78 is 20.2. The summed E-state index contributed by atoms with van der Waals surface area (Å²) in [6.45, 7) is 4.69. The van der Waals surface area contributed by atoms with E-state index in [1.165, 1.54) is 0 Å². The maximum absolute atomic E-state index is 14.7. The summed E-state index contributed by atoms with van der Waals surface area (Å²) in [6.07, 6.45) is 2.63. The van der Waals surface area contributed by atoms with Crippen molar-refractivity contribution in [3.05, 3.63) is 70.9 Å². The van der Waals surface area contributed by atoms with Crippen LogP contribution < -0.4 is 20.7 Å². The number of hydrogen-bond acceptors (Lipinski definition) is 8. The van der Waals surface area contributed by atoms with Gasteiger partial charge in [-0.25, -0.2) is 19.3 Å². The first-order valence-corrected chi connectivity index (χ1v) is 12.1. The Bertz CT molecular complexity index is 1420. The van der Waals surface area contributed by atoms with Crippen molar-refractivity contribution in [2.45, 2.75) is 26.8 Å². The van der Waals surface area contributed by atoms with E-state index < -0.39 is 0 Å². The van der Waals surface area contributed by atoms with Gasteiger partial charge in [-0.2, -0.15) is 0 Å². The van der Waals surface area contributed by atoms with Gasteiger partial charge in [0.2, 0.25) is 5.88 Å². The molecule has 9 heteroatoms. The second-order valence-electron chi connectivity index (χ2n) is 9.46. The fourth-order valence-corrected chi connectivity index (χ4v) is 4.28. The smallest absolute Gasteiger partial charge is 0.216 e. The number of nitrogens with one attached hydrogen (secondary N) is 1. The van der Waals surface area contributed by atoms with Crippen molar-refractivity contribution in [3.63, 3.8) is 0 Å². The summed E-state index contributed by atoms with van der Waals surface area (Å²) in [5.41, 5.74) is 11.2. The van der Waals surface area contributed by atoms with E-state index in [4.69, 9.17) is 10.5 Å². The Morgan fingerprint density at radius 1 is 1.00 bits per heavy atom. The maximum Gasteiger partial charge on any atom is 0.216 e. The lowest BCUT2D eigenvalue weighted by Gasteiger charge is -2.22. The number of nitrogen functional groups attached to an aromatic ring is 1. The third kappa shape index (κ3) is 5.89. The summed E-state index contributed by atoms with van der Waals surface area (Å²) in [5, 5.41) is 4.14. The van der Waals surface area contributed by atoms with Gasteiger partial charge in [0, 0.05) is 48.0 Å². The van der Waals surface area contributed by atoms with Gasteiger partial charge in [0.05, 0.1) is 24.5 Å². The molecule has 0 bridgehead atoms. The first-order valence-electron chi connectivity index (χ1n) is 12.1. The molecule has 0 aliphatic rings. The number of likely N-dealkylation sites (N-methyl/N-ethyl adjacent to an activating group) is 1. The van der Waals surface area contributed by atoms with Gasteiger partial charge in [0.25, 0.3) is 0 Å². The van der Waals surface area contributed by atoms with Crippen molar-refractivity contribution in [3.8, 4) is 5.88 Å². The van der Waals surface area contributed by atoms with E-state index in [2.05, 4.69) is 36.1 Å². The Kier molecular flexibility index (Phi) is 7.73. The quantitative estimate of drug-likeness (QED) is 0.313. The van der Waals surface area contributed by atoms with Crippen LogP contribution in [0.25, 0.3) is 10.9 Å². The number of nitrogens with two attached hydrogens (primary N) is 1. The molecule has 4 rings (SSSR count). The summed E-state index contributed by atoms with van der Waals surface area (Å²) in [7, 11) is 7.72. The molecule has 2 heterocycles. The highest BCUT2D eigenvalue weighted by Gasteiger charge is 2.14. The van der Waals surface area contributed by atoms with Gasteiger partial charge < -0.3 is 25.6 Å². The number of benzene rings is 2. The number of hydrogen-bond donors (Lipinski definition) is 2. The van der Waals surface area contributed by atoms with Crippen LogP contribution >= 0.6 is 0 Å². The van der Waals surface area contributed by atoms with Crippen LogP contribution in [-0.2, 0) is 13.0 Å². The molecule has 3 N–H and O–H groups in total. The number of rotatable bonds is 9. The molecule has 4 aromatic rings. The number of fused-ring (bicyclic) bond motifs is 1. The molecule has 2 aromatic heterocycles. The number of methoxy groups -OCH3 is 1. The first-order chi connectivity index (χ1) is 17.7. The van der Waals surface area contributed by atoms with Crippen LogP contribution in [0.4, 0.5) is 27.3 Å². The van der Waals surface area contributed by atoms with Crippen molar-refractivity contribution in [2.75, 3.05) is 50.7 Å². The zero-order valence-electron chi connectivity index (χ0n) is 22.3. The second-order valence-corrected chi connectivity index (χ2v) is 9.46. The van der Waals surface area contributed by atoms with Gasteiger partial charge in [-0.05, 0) is 76.3 Å². The number of aryl methyl sites for hydroxylation is 2. The van der Waals surface area contributed by atoms with Crippen molar-refractivity contribution >= 4 is 33.8 Å². The minimum atomic E-state index is -0.269. The molecule has 0 spiro atoms. The summed E-state index contributed by atoms with van der Waals surface area (Å²) >= 11 is 0. The van der Waals surface area contributed by atoms with Gasteiger partial charge in [-0.1, -0.05) is 0 Å². The van der Waals surface area contributed by atoms with Crippen LogP contribution in [0.3, 0.4) is 0 Å². The van der Waals surface area contributed by atoms with E-state index >= 15 is 0 Å². The monoisotopic (exact) mass is 503 g/mol. The molecule has 0 unspecified atom stereocenters. The van der Waals surface area contributed by atoms with Crippen molar-refractivity contribution in [1.82, 2.24) is 19.9 Å². The molecule has 0 amide bonds. The zero-order valence-corrected chi connectivity index (χ0v) is 22.3. The molecule has 0 saturated carbocycles. The zero-order chi connectivity index (χ0) is 26.7. The van der Waals surface area contributed by atoms with Gasteiger partial charge in [-0.3, -0.25) is 0 Å². The molecule has 37 heavy (non-hydrogen) atoms. The fraction of sp³-hybridized carbons (Fsp3) is 0.321. The Morgan fingerprint density at radius 2 is 1.78 bits per heavy atom. The minimum absolute atomic E-state index is 0.251. The summed E-state index contributed by atoms with van der Waals surface area (Å²) in [6, 6.07) is 11.4. The van der Waals surface area contributed by atoms with Crippen LogP contribution in [-0.4, -0.2) is 54.6 Å². The average Bonchev–Trinajstić information content (AvgIpc) is 2.87. The molecule has 0 atom stereocenters. The predicted octanol–water partition coefficient (Wildman–Crippen LogP) is 4.86. The highest BCUT2D eigenvalue weighted by atomic mass is 19.1. The van der Waals surface area contributed by atoms with Gasteiger partial charge >= 0.3 is 0 Å². The number of aromatic nitrogens is 3. The molecule has 8 nitrogen and oxygen atoms in total. The lowest BCUT2D eigenvalue weighted by atomic mass is 10.1. The van der Waals surface area contributed by atoms with Crippen molar-refractivity contribution in [2.24, 2.45) is 0 Å². The van der Waals surface area contributed by atoms with Crippen LogP contribution in [0.1, 0.15) is 22.5 Å². The topological polar surface area (TPSA) is 92.4 Å². The molecule has 0 aliphatic carbocycles. The highest BCUT2D eigenvalue weighted by molar-refractivity contribution is 5.92. The maximum atomic E-state index is 14.7. The standard InChI is InChI=1S/C28H34FN7O/c1-17-11-21(30)12-20(26(17)29)15-31-27-24-14-22(7-8-25(24)33-18(2)34-27)36(5)23-13-19(9-10-35(3)4)28(37-6)32-16-23/h7-8,11-14,16H,9-10,15,30H2,1-6H3,(H,31,33,34). The molecule has 0 saturated heterocycles. The van der Waals surface area contributed by atoms with Crippen LogP contribution in [0.5, 0.6) is 5.88 Å². The normalized spacial score (nSPS) is 11.2. The van der Waals surface area contributed by atoms with E-state index in [-0.39, 0.29) is 12.4 Å². The highest BCUT2D eigenvalue weighted by Crippen LogP contribution is 2.31. The first kappa shape index (κ1) is 26.1. The lowest BCUT2D eigenvalue weighted by molar-refractivity contribution is 0.380. The van der Waals surface area contributed by atoms with E-state index in [0.717, 1.165) is 40.8 Å².